The Kier molecular flexibility index (Phi) is 4.26. The highest BCUT2D eigenvalue weighted by Gasteiger charge is 2.11. The van der Waals surface area contributed by atoms with Crippen molar-refractivity contribution in [3.8, 4) is 0 Å². The summed E-state index contributed by atoms with van der Waals surface area (Å²) in [5.41, 5.74) is 9.86. The van der Waals surface area contributed by atoms with Gasteiger partial charge in [-0.3, -0.25) is 0 Å². The van der Waals surface area contributed by atoms with Gasteiger partial charge in [-0.2, -0.15) is 0 Å². The molecule has 0 amide bonds. The van der Waals surface area contributed by atoms with Gasteiger partial charge < -0.3 is 15.9 Å². The molecule has 0 aliphatic heterocycles. The van der Waals surface area contributed by atoms with Crippen molar-refractivity contribution in [3.63, 3.8) is 0 Å². The first-order chi connectivity index (χ1) is 8.38. The third-order valence-corrected chi connectivity index (χ3v) is 2.92. The summed E-state index contributed by atoms with van der Waals surface area (Å²) in [4.78, 5) is 11.5. The second kappa shape index (κ2) is 5.49. The number of carbonyl (C=O) groups is 1. The third-order valence-electron chi connectivity index (χ3n) is 2.92. The Balaban J connectivity index is 3.37. The van der Waals surface area contributed by atoms with Crippen LogP contribution in [0.2, 0.25) is 0 Å². The van der Waals surface area contributed by atoms with Crippen molar-refractivity contribution >= 4 is 17.4 Å². The van der Waals surface area contributed by atoms with Gasteiger partial charge >= 0.3 is 5.97 Å². The molecule has 0 aliphatic rings. The molecule has 4 heteroatoms. The highest BCUT2D eigenvalue weighted by atomic mass is 16.5. The summed E-state index contributed by atoms with van der Waals surface area (Å²) in [6.45, 7) is 5.39. The van der Waals surface area contributed by atoms with Crippen LogP contribution < -0.4 is 5.73 Å². The second-order valence-electron chi connectivity index (χ2n) is 4.18. The van der Waals surface area contributed by atoms with Gasteiger partial charge in [-0.1, -0.05) is 6.07 Å². The highest BCUT2D eigenvalue weighted by Crippen LogP contribution is 2.20. The monoisotopic (exact) mass is 246 g/mol. The fourth-order valence-electron chi connectivity index (χ4n) is 1.56. The quantitative estimate of drug-likeness (QED) is 0.635. The van der Waals surface area contributed by atoms with Crippen LogP contribution in [0.25, 0.3) is 5.70 Å². The molecule has 0 atom stereocenters. The van der Waals surface area contributed by atoms with E-state index in [-0.39, 0.29) is 0 Å². The SMILES string of the molecule is COC(=O)c1ccc(C)c(/C(N)=C(\C)C(C)=N)c1. The fraction of sp³-hybridized carbons (Fsp3) is 0.286. The minimum atomic E-state index is -0.395. The van der Waals surface area contributed by atoms with Crippen LogP contribution in [0, 0.1) is 12.3 Å². The normalized spacial score (nSPS) is 11.8. The predicted molar refractivity (Wildman–Crippen MR) is 72.7 cm³/mol. The average Bonchev–Trinajstić information content (AvgIpc) is 2.36. The van der Waals surface area contributed by atoms with Gasteiger partial charge in [-0.15, -0.1) is 0 Å². The molecule has 1 aromatic carbocycles. The van der Waals surface area contributed by atoms with E-state index in [0.717, 1.165) is 11.1 Å². The molecule has 0 saturated carbocycles. The number of ether oxygens (including phenoxy) is 1. The van der Waals surface area contributed by atoms with E-state index < -0.39 is 5.97 Å². The van der Waals surface area contributed by atoms with E-state index >= 15 is 0 Å². The number of hydrogen-bond acceptors (Lipinski definition) is 4. The molecule has 0 aromatic heterocycles. The number of rotatable bonds is 3. The van der Waals surface area contributed by atoms with Crippen LogP contribution >= 0.6 is 0 Å². The molecular formula is C14H18N2O2. The van der Waals surface area contributed by atoms with Gasteiger partial charge in [-0.05, 0) is 44.0 Å². The van der Waals surface area contributed by atoms with E-state index in [0.29, 0.717) is 22.5 Å². The van der Waals surface area contributed by atoms with Crippen LogP contribution in [0.15, 0.2) is 23.8 Å². The van der Waals surface area contributed by atoms with Gasteiger partial charge in [0.05, 0.1) is 12.7 Å². The van der Waals surface area contributed by atoms with Crippen molar-refractivity contribution in [2.45, 2.75) is 20.8 Å². The summed E-state index contributed by atoms with van der Waals surface area (Å²) in [6.07, 6.45) is 0. The lowest BCUT2D eigenvalue weighted by Crippen LogP contribution is -2.08. The molecule has 0 bridgehead atoms. The van der Waals surface area contributed by atoms with E-state index in [2.05, 4.69) is 4.74 Å². The minimum Gasteiger partial charge on any atom is -0.465 e. The number of hydrogen-bond donors (Lipinski definition) is 2. The maximum atomic E-state index is 11.5. The van der Waals surface area contributed by atoms with Crippen molar-refractivity contribution < 1.29 is 9.53 Å². The number of methoxy groups -OCH3 is 1. The standard InChI is InChI=1S/C14H18N2O2/c1-8-5-6-11(14(17)18-4)7-12(8)13(16)9(2)10(3)15/h5-7,15H,16H2,1-4H3/b13-9-,15-10?. The van der Waals surface area contributed by atoms with Crippen LogP contribution in [-0.2, 0) is 4.74 Å². The maximum Gasteiger partial charge on any atom is 0.337 e. The van der Waals surface area contributed by atoms with Crippen LogP contribution in [-0.4, -0.2) is 18.8 Å². The molecule has 18 heavy (non-hydrogen) atoms. The highest BCUT2D eigenvalue weighted by molar-refractivity contribution is 6.02. The second-order valence-corrected chi connectivity index (χ2v) is 4.18. The number of benzene rings is 1. The fourth-order valence-corrected chi connectivity index (χ4v) is 1.56. The van der Waals surface area contributed by atoms with Gasteiger partial charge in [0.25, 0.3) is 0 Å². The molecule has 0 spiro atoms. The number of esters is 1. The molecule has 96 valence electrons. The first-order valence-electron chi connectivity index (χ1n) is 5.59. The number of allylic oxidation sites excluding steroid dienone is 1. The summed E-state index contributed by atoms with van der Waals surface area (Å²) in [6, 6.07) is 5.22. The summed E-state index contributed by atoms with van der Waals surface area (Å²) in [5.74, 6) is -0.395. The van der Waals surface area contributed by atoms with Gasteiger partial charge in [0.2, 0.25) is 0 Å². The van der Waals surface area contributed by atoms with Gasteiger partial charge in [0.1, 0.15) is 0 Å². The number of nitrogens with one attached hydrogen (secondary N) is 1. The third kappa shape index (κ3) is 2.77. The van der Waals surface area contributed by atoms with Crippen LogP contribution in [0.1, 0.15) is 35.3 Å². The molecule has 0 saturated heterocycles. The molecule has 0 fully saturated rings. The summed E-state index contributed by atoms with van der Waals surface area (Å²) in [7, 11) is 1.34. The Labute approximate surface area is 107 Å². The molecule has 0 radical (unpaired) electrons. The van der Waals surface area contributed by atoms with E-state index in [1.54, 1.807) is 26.0 Å². The predicted octanol–water partition coefficient (Wildman–Crippen LogP) is 2.51. The first kappa shape index (κ1) is 14.0. The van der Waals surface area contributed by atoms with Crippen molar-refractivity contribution in [1.82, 2.24) is 0 Å². The van der Waals surface area contributed by atoms with Crippen molar-refractivity contribution in [2.24, 2.45) is 5.73 Å². The Morgan fingerprint density at radius 2 is 1.94 bits per heavy atom. The Bertz CT molecular complexity index is 531. The molecule has 0 heterocycles. The maximum absolute atomic E-state index is 11.5. The Morgan fingerprint density at radius 1 is 1.33 bits per heavy atom. The lowest BCUT2D eigenvalue weighted by atomic mass is 9.98. The zero-order valence-electron chi connectivity index (χ0n) is 11.1. The Morgan fingerprint density at radius 3 is 2.44 bits per heavy atom. The molecule has 0 aliphatic carbocycles. The van der Waals surface area contributed by atoms with Gasteiger partial charge in [-0.25, -0.2) is 4.79 Å². The Hall–Kier alpha value is -2.10. The molecule has 4 nitrogen and oxygen atoms in total. The van der Waals surface area contributed by atoms with Crippen molar-refractivity contribution in [2.75, 3.05) is 7.11 Å². The first-order valence-corrected chi connectivity index (χ1v) is 5.59. The smallest absolute Gasteiger partial charge is 0.337 e. The average molecular weight is 246 g/mol. The molecule has 3 N–H and O–H groups in total. The zero-order chi connectivity index (χ0) is 13.9. The van der Waals surface area contributed by atoms with Crippen molar-refractivity contribution in [3.05, 3.63) is 40.5 Å². The van der Waals surface area contributed by atoms with E-state index in [1.165, 1.54) is 7.11 Å². The summed E-state index contributed by atoms with van der Waals surface area (Å²) in [5, 5.41) is 7.60. The topological polar surface area (TPSA) is 76.2 Å². The van der Waals surface area contributed by atoms with E-state index in [1.807, 2.05) is 13.0 Å². The molecular weight excluding hydrogens is 228 g/mol. The van der Waals surface area contributed by atoms with Crippen LogP contribution in [0.3, 0.4) is 0 Å². The minimum absolute atomic E-state index is 0.395. The molecule has 1 aromatic rings. The van der Waals surface area contributed by atoms with Crippen LogP contribution in [0.4, 0.5) is 0 Å². The number of nitrogens with two attached hydrogens (primary N) is 1. The lowest BCUT2D eigenvalue weighted by molar-refractivity contribution is 0.0600. The van der Waals surface area contributed by atoms with E-state index in [9.17, 15) is 4.79 Å². The van der Waals surface area contributed by atoms with Crippen LogP contribution in [0.5, 0.6) is 0 Å². The van der Waals surface area contributed by atoms with Gasteiger partial charge in [0, 0.05) is 17.0 Å². The van der Waals surface area contributed by atoms with Crippen molar-refractivity contribution in [1.29, 1.82) is 5.41 Å². The summed E-state index contributed by atoms with van der Waals surface area (Å²) >= 11 is 0. The molecule has 0 unspecified atom stereocenters. The van der Waals surface area contributed by atoms with Gasteiger partial charge in [0.15, 0.2) is 0 Å². The lowest BCUT2D eigenvalue weighted by Gasteiger charge is -2.11. The number of aryl methyl sites for hydroxylation is 1. The summed E-state index contributed by atoms with van der Waals surface area (Å²) < 4.78 is 4.68. The number of carbonyl (C=O) groups excluding carboxylic acids is 1. The largest absolute Gasteiger partial charge is 0.465 e. The van der Waals surface area contributed by atoms with E-state index in [4.69, 9.17) is 11.1 Å². The zero-order valence-corrected chi connectivity index (χ0v) is 11.1. The molecule has 1 rings (SSSR count).